The van der Waals surface area contributed by atoms with E-state index in [1.54, 1.807) is 11.6 Å². The minimum atomic E-state index is -2.51. The highest BCUT2D eigenvalue weighted by atomic mass is 35.8. The number of hydrogen-bond acceptors (Lipinski definition) is 1. The molecule has 0 aliphatic carbocycles. The molecule has 0 atom stereocenters. The minimum absolute atomic E-state index is 0.794. The van der Waals surface area contributed by atoms with E-state index in [0.717, 1.165) is 6.54 Å². The van der Waals surface area contributed by atoms with E-state index in [9.17, 15) is 0 Å². The second kappa shape index (κ2) is 3.27. The van der Waals surface area contributed by atoms with Crippen LogP contribution in [0.3, 0.4) is 0 Å². The molecule has 0 heterocycles. The number of rotatable bonds is 2. The van der Waals surface area contributed by atoms with Gasteiger partial charge in [-0.3, -0.25) is 4.57 Å². The lowest BCUT2D eigenvalue weighted by Gasteiger charge is -2.19. The Bertz CT molecular complexity index is 71.4. The fraction of sp³-hybridized carbons (Fsp3) is 1.00. The van der Waals surface area contributed by atoms with Crippen LogP contribution in [0.25, 0.3) is 0 Å². The van der Waals surface area contributed by atoms with Crippen LogP contribution in [-0.4, -0.2) is 24.3 Å². The molecular formula is C3H8Cl3NSi. The molecule has 0 amide bonds. The lowest BCUT2D eigenvalue weighted by Crippen LogP contribution is -2.36. The van der Waals surface area contributed by atoms with Crippen molar-refractivity contribution in [2.45, 2.75) is 6.92 Å². The van der Waals surface area contributed by atoms with E-state index in [1.165, 1.54) is 0 Å². The van der Waals surface area contributed by atoms with Gasteiger partial charge in [-0.1, -0.05) is 6.92 Å². The minimum Gasteiger partial charge on any atom is -0.291 e. The molecule has 0 spiro atoms. The predicted octanol–water partition coefficient (Wildman–Crippen LogP) is 2.09. The molecule has 0 N–H and O–H groups in total. The maximum absolute atomic E-state index is 5.58. The average Bonchev–Trinajstić information content (AvgIpc) is 1.62. The summed E-state index contributed by atoms with van der Waals surface area (Å²) in [4.78, 5) is 0. The fourth-order valence-electron chi connectivity index (χ4n) is 0.179. The van der Waals surface area contributed by atoms with Crippen LogP contribution in [0.4, 0.5) is 0 Å². The summed E-state index contributed by atoms with van der Waals surface area (Å²) in [5, 5.41) is 0. The first-order valence-electron chi connectivity index (χ1n) is 2.26. The van der Waals surface area contributed by atoms with Crippen LogP contribution in [-0.2, 0) is 0 Å². The summed E-state index contributed by atoms with van der Waals surface area (Å²) in [7, 11) is 1.80. The zero-order chi connectivity index (χ0) is 6.78. The summed E-state index contributed by atoms with van der Waals surface area (Å²) in [5.41, 5.74) is 0. The Kier molecular flexibility index (Phi) is 3.70. The smallest absolute Gasteiger partial charge is 0.291 e. The second-order valence-corrected chi connectivity index (χ2v) is 9.85. The van der Waals surface area contributed by atoms with Gasteiger partial charge >= 0.3 is 6.16 Å². The molecule has 5 heteroatoms. The molecule has 0 aliphatic heterocycles. The summed E-state index contributed by atoms with van der Waals surface area (Å²) < 4.78 is 1.75. The molecule has 0 aliphatic rings. The molecule has 50 valence electrons. The maximum atomic E-state index is 5.58. The molecule has 0 fully saturated rings. The van der Waals surface area contributed by atoms with Crippen LogP contribution in [0, 0.1) is 0 Å². The zero-order valence-electron chi connectivity index (χ0n) is 4.79. The molecule has 0 saturated carbocycles. The normalized spacial score (nSPS) is 12.8. The predicted molar refractivity (Wildman–Crippen MR) is 41.6 cm³/mol. The van der Waals surface area contributed by atoms with Gasteiger partial charge in [-0.05, 0) is 13.6 Å². The number of halogens is 3. The monoisotopic (exact) mass is 191 g/mol. The lowest BCUT2D eigenvalue weighted by molar-refractivity contribution is 0.567. The van der Waals surface area contributed by atoms with E-state index < -0.39 is 6.16 Å². The van der Waals surface area contributed by atoms with Gasteiger partial charge in [-0.2, -0.15) is 0 Å². The average molecular weight is 193 g/mol. The third-order valence-corrected chi connectivity index (χ3v) is 4.69. The Labute approximate surface area is 64.7 Å². The van der Waals surface area contributed by atoms with Crippen molar-refractivity contribution in [3.8, 4) is 0 Å². The quantitative estimate of drug-likeness (QED) is 0.478. The summed E-state index contributed by atoms with van der Waals surface area (Å²) in [6, 6.07) is 0. The van der Waals surface area contributed by atoms with Gasteiger partial charge in [-0.25, -0.2) is 0 Å². The molecule has 0 rings (SSSR count). The van der Waals surface area contributed by atoms with Crippen LogP contribution < -0.4 is 0 Å². The van der Waals surface area contributed by atoms with Crippen molar-refractivity contribution in [3.63, 3.8) is 0 Å². The van der Waals surface area contributed by atoms with E-state index in [0.29, 0.717) is 0 Å². The number of nitrogens with zero attached hydrogens (tertiary/aromatic N) is 1. The summed E-state index contributed by atoms with van der Waals surface area (Å²) >= 11 is 16.7. The van der Waals surface area contributed by atoms with Crippen LogP contribution in [0.5, 0.6) is 0 Å². The van der Waals surface area contributed by atoms with Crippen molar-refractivity contribution in [2.24, 2.45) is 0 Å². The van der Waals surface area contributed by atoms with Gasteiger partial charge in [0.05, 0.1) is 0 Å². The maximum Gasteiger partial charge on any atom is 0.424 e. The van der Waals surface area contributed by atoms with E-state index >= 15 is 0 Å². The first-order chi connectivity index (χ1) is 3.48. The van der Waals surface area contributed by atoms with Crippen molar-refractivity contribution in [1.29, 1.82) is 0 Å². The Morgan fingerprint density at radius 2 is 1.75 bits per heavy atom. The van der Waals surface area contributed by atoms with Gasteiger partial charge in [0.2, 0.25) is 0 Å². The van der Waals surface area contributed by atoms with Crippen molar-refractivity contribution in [3.05, 3.63) is 0 Å². The van der Waals surface area contributed by atoms with Crippen LogP contribution >= 0.6 is 33.2 Å². The van der Waals surface area contributed by atoms with Gasteiger partial charge in [0.1, 0.15) is 0 Å². The lowest BCUT2D eigenvalue weighted by atomic mass is 10.8. The van der Waals surface area contributed by atoms with Gasteiger partial charge < -0.3 is 0 Å². The zero-order valence-corrected chi connectivity index (χ0v) is 8.06. The molecule has 1 nitrogen and oxygen atoms in total. The third kappa shape index (κ3) is 3.15. The molecule has 0 aromatic carbocycles. The molecule has 0 saturated heterocycles. The molecule has 0 radical (unpaired) electrons. The second-order valence-electron chi connectivity index (χ2n) is 1.48. The highest BCUT2D eigenvalue weighted by Crippen LogP contribution is 2.22. The first kappa shape index (κ1) is 9.05. The molecule has 8 heavy (non-hydrogen) atoms. The van der Waals surface area contributed by atoms with Gasteiger partial charge in [0.15, 0.2) is 0 Å². The van der Waals surface area contributed by atoms with Crippen LogP contribution in [0.15, 0.2) is 0 Å². The molecule has 0 aromatic heterocycles. The fourth-order valence-corrected chi connectivity index (χ4v) is 1.61. The Morgan fingerprint density at radius 3 is 1.75 bits per heavy atom. The molecule has 0 aromatic rings. The highest BCUT2D eigenvalue weighted by Gasteiger charge is 2.29. The topological polar surface area (TPSA) is 3.24 Å². The Balaban J connectivity index is 3.62. The van der Waals surface area contributed by atoms with Crippen LogP contribution in [0.1, 0.15) is 6.92 Å². The van der Waals surface area contributed by atoms with Crippen molar-refractivity contribution in [2.75, 3.05) is 13.6 Å². The van der Waals surface area contributed by atoms with E-state index in [1.807, 2.05) is 6.92 Å². The molecule has 0 unspecified atom stereocenters. The highest BCUT2D eigenvalue weighted by molar-refractivity contribution is 7.63. The van der Waals surface area contributed by atoms with Crippen LogP contribution in [0.2, 0.25) is 0 Å². The Hall–Kier alpha value is 1.05. The van der Waals surface area contributed by atoms with Crippen molar-refractivity contribution >= 4 is 39.4 Å². The summed E-state index contributed by atoms with van der Waals surface area (Å²) in [6.07, 6.45) is -2.51. The standard InChI is InChI=1S/C3H8Cl3NSi/c1-3-7(2)8(4,5)6/h3H2,1-2H3. The first-order valence-corrected chi connectivity index (χ1v) is 7.24. The van der Waals surface area contributed by atoms with E-state index in [4.69, 9.17) is 33.2 Å². The van der Waals surface area contributed by atoms with Gasteiger partial charge in [0, 0.05) is 0 Å². The van der Waals surface area contributed by atoms with E-state index in [2.05, 4.69) is 0 Å². The van der Waals surface area contributed by atoms with Crippen molar-refractivity contribution in [1.82, 2.24) is 4.57 Å². The van der Waals surface area contributed by atoms with Gasteiger partial charge in [0.25, 0.3) is 0 Å². The van der Waals surface area contributed by atoms with Gasteiger partial charge in [-0.15, -0.1) is 33.2 Å². The molecule has 0 bridgehead atoms. The van der Waals surface area contributed by atoms with E-state index in [-0.39, 0.29) is 0 Å². The third-order valence-electron chi connectivity index (χ3n) is 0.907. The summed E-state index contributed by atoms with van der Waals surface area (Å²) in [5.74, 6) is 0. The SMILES string of the molecule is CCN(C)[Si](Cl)(Cl)Cl. The van der Waals surface area contributed by atoms with Crippen molar-refractivity contribution < 1.29 is 0 Å². The largest absolute Gasteiger partial charge is 0.424 e. The summed E-state index contributed by atoms with van der Waals surface area (Å²) in [6.45, 7) is 2.75. The molecular weight excluding hydrogens is 184 g/mol. The Morgan fingerprint density at radius 1 is 1.38 bits per heavy atom. The number of hydrogen-bond donors (Lipinski definition) is 0.